The molecule has 0 radical (unpaired) electrons. The molecule has 0 fully saturated rings. The summed E-state index contributed by atoms with van der Waals surface area (Å²) in [5.74, 6) is -0.276. The second-order valence-electron chi connectivity index (χ2n) is 5.79. The number of aromatic amines is 1. The number of aromatic nitrogens is 1. The molecule has 3 aromatic rings. The maximum absolute atomic E-state index is 13.4. The largest absolute Gasteiger partial charge is 0.392 e. The van der Waals surface area contributed by atoms with E-state index >= 15 is 0 Å². The van der Waals surface area contributed by atoms with Crippen LogP contribution < -0.4 is 10.6 Å². The molecule has 0 bridgehead atoms. The third kappa shape index (κ3) is 4.16. The van der Waals surface area contributed by atoms with Gasteiger partial charge in [0.1, 0.15) is 5.82 Å². The number of hydrogen-bond acceptors (Lipinski definition) is 2. The van der Waals surface area contributed by atoms with Gasteiger partial charge in [0.25, 0.3) is 0 Å². The first kappa shape index (κ1) is 17.0. The smallest absolute Gasteiger partial charge is 0.315 e. The molecule has 0 unspecified atom stereocenters. The standard InChI is InChI=1S/C19H20FN3O2/c20-16-5-6-18-17(9-16)14(11-22-18)7-8-21-19(25)23-10-13-3-1-2-4-15(13)12-24/h1-6,9,11,22,24H,7-8,10,12H2,(H2,21,23,25). The van der Waals surface area contributed by atoms with Crippen molar-refractivity contribution in [2.24, 2.45) is 0 Å². The second kappa shape index (κ2) is 7.81. The summed E-state index contributed by atoms with van der Waals surface area (Å²) in [4.78, 5) is 15.0. The Bertz CT molecular complexity index is 876. The van der Waals surface area contributed by atoms with Crippen molar-refractivity contribution in [1.82, 2.24) is 15.6 Å². The predicted molar refractivity (Wildman–Crippen MR) is 94.6 cm³/mol. The highest BCUT2D eigenvalue weighted by molar-refractivity contribution is 5.83. The van der Waals surface area contributed by atoms with Gasteiger partial charge in [-0.15, -0.1) is 0 Å². The number of fused-ring (bicyclic) bond motifs is 1. The van der Waals surface area contributed by atoms with Crippen LogP contribution in [0.15, 0.2) is 48.7 Å². The highest BCUT2D eigenvalue weighted by Crippen LogP contribution is 2.19. The Balaban J connectivity index is 1.50. The Morgan fingerprint density at radius 3 is 2.68 bits per heavy atom. The third-order valence-electron chi connectivity index (χ3n) is 4.14. The van der Waals surface area contributed by atoms with E-state index in [1.807, 2.05) is 30.5 Å². The summed E-state index contributed by atoms with van der Waals surface area (Å²) in [6.45, 7) is 0.731. The van der Waals surface area contributed by atoms with Crippen molar-refractivity contribution >= 4 is 16.9 Å². The fourth-order valence-electron chi connectivity index (χ4n) is 2.79. The monoisotopic (exact) mass is 341 g/mol. The van der Waals surface area contributed by atoms with Gasteiger partial charge in [0.2, 0.25) is 0 Å². The summed E-state index contributed by atoms with van der Waals surface area (Å²) < 4.78 is 13.4. The van der Waals surface area contributed by atoms with E-state index in [4.69, 9.17) is 0 Å². The van der Waals surface area contributed by atoms with E-state index in [2.05, 4.69) is 15.6 Å². The molecule has 0 saturated heterocycles. The van der Waals surface area contributed by atoms with Crippen molar-refractivity contribution in [3.8, 4) is 0 Å². The summed E-state index contributed by atoms with van der Waals surface area (Å²) in [6.07, 6.45) is 2.44. The molecule has 0 aliphatic carbocycles. The van der Waals surface area contributed by atoms with Crippen molar-refractivity contribution in [1.29, 1.82) is 0 Å². The molecule has 2 amide bonds. The van der Waals surface area contributed by atoms with Crippen LogP contribution in [-0.2, 0) is 19.6 Å². The van der Waals surface area contributed by atoms with Crippen LogP contribution >= 0.6 is 0 Å². The molecule has 2 aromatic carbocycles. The molecule has 0 aliphatic heterocycles. The van der Waals surface area contributed by atoms with Gasteiger partial charge in [-0.25, -0.2) is 9.18 Å². The molecule has 3 rings (SSSR count). The minimum atomic E-state index is -0.279. The van der Waals surface area contributed by atoms with Crippen molar-refractivity contribution in [2.75, 3.05) is 6.54 Å². The van der Waals surface area contributed by atoms with Crippen molar-refractivity contribution < 1.29 is 14.3 Å². The van der Waals surface area contributed by atoms with E-state index < -0.39 is 0 Å². The molecule has 0 aliphatic rings. The lowest BCUT2D eigenvalue weighted by atomic mass is 10.1. The number of aliphatic hydroxyl groups excluding tert-OH is 1. The van der Waals surface area contributed by atoms with E-state index in [9.17, 15) is 14.3 Å². The minimum Gasteiger partial charge on any atom is -0.392 e. The number of benzene rings is 2. The molecular formula is C19H20FN3O2. The van der Waals surface area contributed by atoms with Gasteiger partial charge in [0.05, 0.1) is 6.61 Å². The van der Waals surface area contributed by atoms with Crippen molar-refractivity contribution in [2.45, 2.75) is 19.6 Å². The van der Waals surface area contributed by atoms with Crippen LogP contribution in [0, 0.1) is 5.82 Å². The Morgan fingerprint density at radius 1 is 1.08 bits per heavy atom. The average Bonchev–Trinajstić information content (AvgIpc) is 3.02. The number of nitrogens with one attached hydrogen (secondary N) is 3. The van der Waals surface area contributed by atoms with Crippen LogP contribution in [-0.4, -0.2) is 22.7 Å². The molecule has 1 aromatic heterocycles. The van der Waals surface area contributed by atoms with Gasteiger partial charge in [-0.2, -0.15) is 0 Å². The Hall–Kier alpha value is -2.86. The molecule has 1 heterocycles. The number of halogens is 1. The zero-order chi connectivity index (χ0) is 17.6. The number of carbonyl (C=O) groups is 1. The van der Waals surface area contributed by atoms with Gasteiger partial charge < -0.3 is 20.7 Å². The molecule has 0 spiro atoms. The summed E-state index contributed by atoms with van der Waals surface area (Å²) in [6, 6.07) is 11.7. The number of hydrogen-bond donors (Lipinski definition) is 4. The first-order valence-corrected chi connectivity index (χ1v) is 8.12. The van der Waals surface area contributed by atoms with Gasteiger partial charge in [-0.1, -0.05) is 24.3 Å². The summed E-state index contributed by atoms with van der Waals surface area (Å²) in [7, 11) is 0. The number of carbonyl (C=O) groups excluding carboxylic acids is 1. The van der Waals surface area contributed by atoms with Crippen LogP contribution in [0.25, 0.3) is 10.9 Å². The molecule has 0 saturated carbocycles. The fourth-order valence-corrected chi connectivity index (χ4v) is 2.79. The highest BCUT2D eigenvalue weighted by atomic mass is 19.1. The van der Waals surface area contributed by atoms with E-state index in [0.717, 1.165) is 27.6 Å². The zero-order valence-electron chi connectivity index (χ0n) is 13.7. The first-order valence-electron chi connectivity index (χ1n) is 8.12. The molecule has 5 nitrogen and oxygen atoms in total. The van der Waals surface area contributed by atoms with E-state index in [-0.39, 0.29) is 18.5 Å². The van der Waals surface area contributed by atoms with Crippen molar-refractivity contribution in [3.05, 3.63) is 71.2 Å². The number of aliphatic hydroxyl groups is 1. The van der Waals surface area contributed by atoms with Gasteiger partial charge in [-0.3, -0.25) is 0 Å². The molecule has 25 heavy (non-hydrogen) atoms. The summed E-state index contributed by atoms with van der Waals surface area (Å²) in [5, 5.41) is 15.7. The number of rotatable bonds is 6. The van der Waals surface area contributed by atoms with Crippen LogP contribution in [0.1, 0.15) is 16.7 Å². The summed E-state index contributed by atoms with van der Waals surface area (Å²) in [5.41, 5.74) is 3.51. The quantitative estimate of drug-likeness (QED) is 0.556. The maximum atomic E-state index is 13.4. The van der Waals surface area contributed by atoms with E-state index in [1.165, 1.54) is 12.1 Å². The normalized spacial score (nSPS) is 10.8. The number of amides is 2. The Labute approximate surface area is 144 Å². The zero-order valence-corrected chi connectivity index (χ0v) is 13.7. The fraction of sp³-hybridized carbons (Fsp3) is 0.211. The van der Waals surface area contributed by atoms with Crippen LogP contribution in [0.3, 0.4) is 0 Å². The number of urea groups is 1. The van der Waals surface area contributed by atoms with Gasteiger partial charge in [0.15, 0.2) is 0 Å². The van der Waals surface area contributed by atoms with Gasteiger partial charge >= 0.3 is 6.03 Å². The van der Waals surface area contributed by atoms with Crippen LogP contribution in [0.5, 0.6) is 0 Å². The van der Waals surface area contributed by atoms with Crippen LogP contribution in [0.4, 0.5) is 9.18 Å². The van der Waals surface area contributed by atoms with E-state index in [1.54, 1.807) is 6.07 Å². The molecule has 0 atom stereocenters. The molecule has 4 N–H and O–H groups in total. The Kier molecular flexibility index (Phi) is 5.30. The SMILES string of the molecule is O=C(NCCc1c[nH]c2ccc(F)cc12)NCc1ccccc1CO. The lowest BCUT2D eigenvalue weighted by molar-refractivity contribution is 0.240. The lowest BCUT2D eigenvalue weighted by Gasteiger charge is -2.10. The molecular weight excluding hydrogens is 321 g/mol. The van der Waals surface area contributed by atoms with E-state index in [0.29, 0.717) is 19.5 Å². The average molecular weight is 341 g/mol. The molecule has 6 heteroatoms. The topological polar surface area (TPSA) is 77.2 Å². The summed E-state index contributed by atoms with van der Waals surface area (Å²) >= 11 is 0. The third-order valence-corrected chi connectivity index (χ3v) is 4.14. The minimum absolute atomic E-state index is 0.0589. The Morgan fingerprint density at radius 2 is 1.88 bits per heavy atom. The van der Waals surface area contributed by atoms with Crippen molar-refractivity contribution in [3.63, 3.8) is 0 Å². The predicted octanol–water partition coefficient (Wildman–Crippen LogP) is 2.84. The lowest BCUT2D eigenvalue weighted by Crippen LogP contribution is -2.36. The van der Waals surface area contributed by atoms with Gasteiger partial charge in [0, 0.05) is 30.2 Å². The maximum Gasteiger partial charge on any atom is 0.315 e. The molecule has 130 valence electrons. The first-order chi connectivity index (χ1) is 12.2. The highest BCUT2D eigenvalue weighted by Gasteiger charge is 2.07. The number of H-pyrrole nitrogens is 1. The second-order valence-corrected chi connectivity index (χ2v) is 5.79. The van der Waals surface area contributed by atoms with Gasteiger partial charge in [-0.05, 0) is 41.3 Å². The van der Waals surface area contributed by atoms with Crippen LogP contribution in [0.2, 0.25) is 0 Å².